The molecule has 14 heavy (non-hydrogen) atoms. The highest BCUT2D eigenvalue weighted by Gasteiger charge is 2.22. The Hall–Kier alpha value is -0.0800. The Kier molecular flexibility index (Phi) is 3.82. The van der Waals surface area contributed by atoms with Gasteiger partial charge in [0.25, 0.3) is 0 Å². The Balaban J connectivity index is 1.64. The fourth-order valence-corrected chi connectivity index (χ4v) is 2.94. The highest BCUT2D eigenvalue weighted by molar-refractivity contribution is 4.77. The van der Waals surface area contributed by atoms with Crippen LogP contribution in [-0.4, -0.2) is 18.8 Å². The number of hydrogen-bond acceptors (Lipinski definition) is 2. The van der Waals surface area contributed by atoms with Crippen molar-refractivity contribution in [2.45, 2.75) is 63.5 Å². The van der Waals surface area contributed by atoms with Gasteiger partial charge in [-0.25, -0.2) is 0 Å². The second-order valence-electron chi connectivity index (χ2n) is 5.02. The SMILES string of the molecule is NC(CC1CCCC1)CC1CCCO1. The van der Waals surface area contributed by atoms with Gasteiger partial charge in [0.2, 0.25) is 0 Å². The third-order valence-corrected chi connectivity index (χ3v) is 3.70. The molecule has 2 atom stereocenters. The highest BCUT2D eigenvalue weighted by Crippen LogP contribution is 2.29. The van der Waals surface area contributed by atoms with E-state index in [0.29, 0.717) is 12.1 Å². The summed E-state index contributed by atoms with van der Waals surface area (Å²) >= 11 is 0. The molecule has 2 nitrogen and oxygen atoms in total. The van der Waals surface area contributed by atoms with Gasteiger partial charge in [-0.3, -0.25) is 0 Å². The van der Waals surface area contributed by atoms with E-state index in [9.17, 15) is 0 Å². The van der Waals surface area contributed by atoms with E-state index in [-0.39, 0.29) is 0 Å². The van der Waals surface area contributed by atoms with E-state index in [1.165, 1.54) is 44.9 Å². The minimum absolute atomic E-state index is 0.390. The zero-order chi connectivity index (χ0) is 9.80. The Morgan fingerprint density at radius 2 is 1.86 bits per heavy atom. The van der Waals surface area contributed by atoms with Crippen molar-refractivity contribution in [1.82, 2.24) is 0 Å². The van der Waals surface area contributed by atoms with Crippen LogP contribution in [0.2, 0.25) is 0 Å². The molecule has 1 aliphatic heterocycles. The number of rotatable bonds is 4. The van der Waals surface area contributed by atoms with E-state index >= 15 is 0 Å². The molecule has 2 N–H and O–H groups in total. The largest absolute Gasteiger partial charge is 0.378 e. The summed E-state index contributed by atoms with van der Waals surface area (Å²) in [6, 6.07) is 0.390. The molecule has 2 unspecified atom stereocenters. The quantitative estimate of drug-likeness (QED) is 0.751. The van der Waals surface area contributed by atoms with Gasteiger partial charge in [0.1, 0.15) is 0 Å². The van der Waals surface area contributed by atoms with Gasteiger partial charge in [0, 0.05) is 12.6 Å². The summed E-state index contributed by atoms with van der Waals surface area (Å²) in [5.74, 6) is 0.923. The minimum atomic E-state index is 0.390. The molecule has 1 heterocycles. The van der Waals surface area contributed by atoms with Crippen molar-refractivity contribution in [3.8, 4) is 0 Å². The van der Waals surface area contributed by atoms with Gasteiger partial charge in [-0.1, -0.05) is 25.7 Å². The molecule has 2 fully saturated rings. The molecule has 2 aliphatic rings. The standard InChI is InChI=1S/C12H23NO/c13-11(8-10-4-1-2-5-10)9-12-6-3-7-14-12/h10-12H,1-9,13H2. The van der Waals surface area contributed by atoms with E-state index in [1.807, 2.05) is 0 Å². The predicted octanol–water partition coefficient (Wildman–Crippen LogP) is 2.46. The first kappa shape index (κ1) is 10.4. The van der Waals surface area contributed by atoms with Crippen LogP contribution in [0.25, 0.3) is 0 Å². The van der Waals surface area contributed by atoms with Crippen molar-refractivity contribution in [1.29, 1.82) is 0 Å². The minimum Gasteiger partial charge on any atom is -0.378 e. The van der Waals surface area contributed by atoms with Crippen molar-refractivity contribution >= 4 is 0 Å². The van der Waals surface area contributed by atoms with E-state index in [0.717, 1.165) is 18.9 Å². The van der Waals surface area contributed by atoms with Crippen LogP contribution < -0.4 is 5.73 Å². The molecule has 0 spiro atoms. The van der Waals surface area contributed by atoms with Crippen LogP contribution in [0.4, 0.5) is 0 Å². The molecule has 0 radical (unpaired) electrons. The van der Waals surface area contributed by atoms with Crippen molar-refractivity contribution in [3.05, 3.63) is 0 Å². The molecule has 82 valence electrons. The second kappa shape index (κ2) is 5.13. The highest BCUT2D eigenvalue weighted by atomic mass is 16.5. The molecule has 0 aromatic rings. The van der Waals surface area contributed by atoms with Crippen molar-refractivity contribution in [2.24, 2.45) is 11.7 Å². The fraction of sp³-hybridized carbons (Fsp3) is 1.00. The number of ether oxygens (including phenoxy) is 1. The van der Waals surface area contributed by atoms with Crippen LogP contribution in [0.3, 0.4) is 0 Å². The van der Waals surface area contributed by atoms with Gasteiger partial charge in [0.05, 0.1) is 6.10 Å². The van der Waals surface area contributed by atoms with Gasteiger partial charge in [-0.2, -0.15) is 0 Å². The van der Waals surface area contributed by atoms with E-state index < -0.39 is 0 Å². The average Bonchev–Trinajstić information content (AvgIpc) is 2.76. The topological polar surface area (TPSA) is 35.2 Å². The molecule has 2 rings (SSSR count). The summed E-state index contributed by atoms with van der Waals surface area (Å²) in [7, 11) is 0. The molecule has 1 saturated heterocycles. The van der Waals surface area contributed by atoms with E-state index in [4.69, 9.17) is 10.5 Å². The Morgan fingerprint density at radius 1 is 1.07 bits per heavy atom. The zero-order valence-corrected chi connectivity index (χ0v) is 9.08. The van der Waals surface area contributed by atoms with Crippen LogP contribution in [0, 0.1) is 5.92 Å². The first-order valence-electron chi connectivity index (χ1n) is 6.22. The van der Waals surface area contributed by atoms with Crippen LogP contribution in [-0.2, 0) is 4.74 Å². The second-order valence-corrected chi connectivity index (χ2v) is 5.02. The average molecular weight is 197 g/mol. The number of hydrogen-bond donors (Lipinski definition) is 1. The maximum atomic E-state index is 6.15. The normalized spacial score (nSPS) is 31.1. The van der Waals surface area contributed by atoms with Crippen LogP contribution in [0.5, 0.6) is 0 Å². The lowest BCUT2D eigenvalue weighted by atomic mass is 9.95. The fourth-order valence-electron chi connectivity index (χ4n) is 2.94. The summed E-state index contributed by atoms with van der Waals surface area (Å²) in [4.78, 5) is 0. The molecule has 0 amide bonds. The summed E-state index contributed by atoms with van der Waals surface area (Å²) in [5.41, 5.74) is 6.15. The van der Waals surface area contributed by atoms with Crippen LogP contribution >= 0.6 is 0 Å². The summed E-state index contributed by atoms with van der Waals surface area (Å²) in [6.07, 6.45) is 11.0. The Bertz CT molecular complexity index is 142. The first-order chi connectivity index (χ1) is 6.84. The summed E-state index contributed by atoms with van der Waals surface area (Å²) in [5, 5.41) is 0. The molecule has 1 aliphatic carbocycles. The van der Waals surface area contributed by atoms with Crippen LogP contribution in [0.15, 0.2) is 0 Å². The smallest absolute Gasteiger partial charge is 0.0590 e. The molecule has 1 saturated carbocycles. The molecular formula is C12H23NO. The Labute approximate surface area is 87.2 Å². The van der Waals surface area contributed by atoms with Gasteiger partial charge >= 0.3 is 0 Å². The zero-order valence-electron chi connectivity index (χ0n) is 9.08. The van der Waals surface area contributed by atoms with Gasteiger partial charge in [-0.05, 0) is 31.6 Å². The first-order valence-corrected chi connectivity index (χ1v) is 6.22. The third kappa shape index (κ3) is 2.96. The van der Waals surface area contributed by atoms with Crippen molar-refractivity contribution in [2.75, 3.05) is 6.61 Å². The van der Waals surface area contributed by atoms with Crippen LogP contribution in [0.1, 0.15) is 51.4 Å². The molecular weight excluding hydrogens is 174 g/mol. The van der Waals surface area contributed by atoms with Gasteiger partial charge in [-0.15, -0.1) is 0 Å². The van der Waals surface area contributed by atoms with Gasteiger partial charge in [0.15, 0.2) is 0 Å². The molecule has 2 heteroatoms. The van der Waals surface area contributed by atoms with Crippen molar-refractivity contribution < 1.29 is 4.74 Å². The third-order valence-electron chi connectivity index (χ3n) is 3.70. The lowest BCUT2D eigenvalue weighted by Gasteiger charge is -2.19. The monoisotopic (exact) mass is 197 g/mol. The summed E-state index contributed by atoms with van der Waals surface area (Å²) < 4.78 is 5.61. The molecule has 0 aromatic heterocycles. The predicted molar refractivity (Wildman–Crippen MR) is 58.1 cm³/mol. The van der Waals surface area contributed by atoms with Crippen molar-refractivity contribution in [3.63, 3.8) is 0 Å². The molecule has 0 bridgehead atoms. The molecule has 0 aromatic carbocycles. The Morgan fingerprint density at radius 3 is 2.50 bits per heavy atom. The van der Waals surface area contributed by atoms with E-state index in [1.54, 1.807) is 0 Å². The maximum absolute atomic E-state index is 6.15. The van der Waals surface area contributed by atoms with E-state index in [2.05, 4.69) is 0 Å². The van der Waals surface area contributed by atoms with Gasteiger partial charge < -0.3 is 10.5 Å². The maximum Gasteiger partial charge on any atom is 0.0590 e. The lowest BCUT2D eigenvalue weighted by molar-refractivity contribution is 0.0959. The number of nitrogens with two attached hydrogens (primary N) is 1. The summed E-state index contributed by atoms with van der Waals surface area (Å²) in [6.45, 7) is 0.959. The lowest BCUT2D eigenvalue weighted by Crippen LogP contribution is -2.27.